The standard InChI is InChI=1S/C22H21BrO5/c1-13(2)18-10-19-15(9-21(24)28-20(19)8-14(18)3)11-27-22(25)12-26-17-6-4-16(23)5-7-17/h4-10,13H,11-12H2,1-3H3. The molecule has 1 heterocycles. The van der Waals surface area contributed by atoms with Crippen LogP contribution in [-0.2, 0) is 16.1 Å². The summed E-state index contributed by atoms with van der Waals surface area (Å²) in [6.45, 7) is 5.96. The number of aryl methyl sites for hydroxylation is 1. The summed E-state index contributed by atoms with van der Waals surface area (Å²) in [5.41, 5.74) is 2.85. The largest absolute Gasteiger partial charge is 0.482 e. The normalized spacial score (nSPS) is 11.0. The molecule has 5 nitrogen and oxygen atoms in total. The Morgan fingerprint density at radius 1 is 1.14 bits per heavy atom. The Hall–Kier alpha value is -2.60. The minimum absolute atomic E-state index is 0.0226. The quantitative estimate of drug-likeness (QED) is 0.390. The van der Waals surface area contributed by atoms with Crippen molar-refractivity contribution in [1.82, 2.24) is 0 Å². The Morgan fingerprint density at radius 3 is 2.54 bits per heavy atom. The van der Waals surface area contributed by atoms with Crippen molar-refractivity contribution in [3.05, 3.63) is 74.0 Å². The maximum atomic E-state index is 12.0. The van der Waals surface area contributed by atoms with E-state index in [-0.39, 0.29) is 13.2 Å². The minimum Gasteiger partial charge on any atom is -0.482 e. The predicted molar refractivity (Wildman–Crippen MR) is 111 cm³/mol. The molecule has 2 aromatic carbocycles. The molecule has 0 bridgehead atoms. The molecule has 0 N–H and O–H groups in total. The monoisotopic (exact) mass is 444 g/mol. The molecule has 0 aliphatic carbocycles. The van der Waals surface area contributed by atoms with Gasteiger partial charge in [-0.1, -0.05) is 29.8 Å². The number of hydrogen-bond donors (Lipinski definition) is 0. The van der Waals surface area contributed by atoms with Gasteiger partial charge in [-0.2, -0.15) is 0 Å². The van der Waals surface area contributed by atoms with Crippen molar-refractivity contribution in [2.75, 3.05) is 6.61 Å². The van der Waals surface area contributed by atoms with Crippen LogP contribution in [0, 0.1) is 6.92 Å². The molecular formula is C22H21BrO5. The van der Waals surface area contributed by atoms with E-state index in [9.17, 15) is 9.59 Å². The maximum Gasteiger partial charge on any atom is 0.344 e. The smallest absolute Gasteiger partial charge is 0.344 e. The number of ether oxygens (including phenoxy) is 2. The molecule has 0 saturated carbocycles. The van der Waals surface area contributed by atoms with E-state index in [1.165, 1.54) is 6.07 Å². The number of carbonyl (C=O) groups is 1. The van der Waals surface area contributed by atoms with Gasteiger partial charge >= 0.3 is 11.6 Å². The number of halogens is 1. The van der Waals surface area contributed by atoms with Crippen LogP contribution in [0.4, 0.5) is 0 Å². The lowest BCUT2D eigenvalue weighted by Gasteiger charge is -2.13. The predicted octanol–water partition coefficient (Wildman–Crippen LogP) is 5.11. The zero-order valence-electron chi connectivity index (χ0n) is 16.0. The van der Waals surface area contributed by atoms with Crippen LogP contribution in [0.3, 0.4) is 0 Å². The summed E-state index contributed by atoms with van der Waals surface area (Å²) >= 11 is 3.34. The van der Waals surface area contributed by atoms with Crippen LogP contribution >= 0.6 is 15.9 Å². The van der Waals surface area contributed by atoms with E-state index < -0.39 is 11.6 Å². The van der Waals surface area contributed by atoms with Gasteiger partial charge in [0.1, 0.15) is 17.9 Å². The fraction of sp³-hybridized carbons (Fsp3) is 0.273. The van der Waals surface area contributed by atoms with Crippen molar-refractivity contribution in [3.8, 4) is 5.75 Å². The van der Waals surface area contributed by atoms with Gasteiger partial charge in [0, 0.05) is 21.5 Å². The Morgan fingerprint density at radius 2 is 1.86 bits per heavy atom. The zero-order chi connectivity index (χ0) is 20.3. The summed E-state index contributed by atoms with van der Waals surface area (Å²) in [6, 6.07) is 12.4. The molecule has 0 radical (unpaired) electrons. The molecule has 0 aliphatic heterocycles. The average molecular weight is 445 g/mol. The third-order valence-corrected chi connectivity index (χ3v) is 4.93. The second kappa shape index (κ2) is 8.61. The number of carbonyl (C=O) groups excluding carboxylic acids is 1. The molecule has 6 heteroatoms. The highest BCUT2D eigenvalue weighted by molar-refractivity contribution is 9.10. The Labute approximate surface area is 171 Å². The summed E-state index contributed by atoms with van der Waals surface area (Å²) in [7, 11) is 0. The first-order valence-electron chi connectivity index (χ1n) is 8.94. The molecule has 0 fully saturated rings. The topological polar surface area (TPSA) is 65.7 Å². The molecule has 28 heavy (non-hydrogen) atoms. The van der Waals surface area contributed by atoms with E-state index in [4.69, 9.17) is 13.9 Å². The molecule has 3 aromatic rings. The van der Waals surface area contributed by atoms with E-state index >= 15 is 0 Å². The van der Waals surface area contributed by atoms with Gasteiger partial charge in [-0.05, 0) is 60.4 Å². The SMILES string of the molecule is Cc1cc2oc(=O)cc(COC(=O)COc3ccc(Br)cc3)c2cc1C(C)C. The van der Waals surface area contributed by atoms with Crippen LogP contribution in [0.2, 0.25) is 0 Å². The highest BCUT2D eigenvalue weighted by Gasteiger charge is 2.13. The van der Waals surface area contributed by atoms with Crippen LogP contribution in [0.5, 0.6) is 5.75 Å². The molecule has 0 atom stereocenters. The van der Waals surface area contributed by atoms with Gasteiger partial charge in [-0.25, -0.2) is 9.59 Å². The lowest BCUT2D eigenvalue weighted by molar-refractivity contribution is -0.147. The second-order valence-electron chi connectivity index (χ2n) is 6.85. The van der Waals surface area contributed by atoms with E-state index in [1.54, 1.807) is 12.1 Å². The highest BCUT2D eigenvalue weighted by Crippen LogP contribution is 2.27. The van der Waals surface area contributed by atoms with E-state index in [1.807, 2.05) is 31.2 Å². The van der Waals surface area contributed by atoms with Crippen LogP contribution in [0.1, 0.15) is 36.5 Å². The van der Waals surface area contributed by atoms with E-state index in [0.717, 1.165) is 21.0 Å². The number of esters is 1. The summed E-state index contributed by atoms with van der Waals surface area (Å²) in [6.07, 6.45) is 0. The first kappa shape index (κ1) is 20.1. The number of hydrogen-bond acceptors (Lipinski definition) is 5. The lowest BCUT2D eigenvalue weighted by atomic mass is 9.95. The summed E-state index contributed by atoms with van der Waals surface area (Å²) in [5.74, 6) is 0.384. The minimum atomic E-state index is -0.513. The van der Waals surface area contributed by atoms with E-state index in [2.05, 4.69) is 29.8 Å². The average Bonchev–Trinajstić information content (AvgIpc) is 2.64. The lowest BCUT2D eigenvalue weighted by Crippen LogP contribution is -2.15. The van der Waals surface area contributed by atoms with Gasteiger partial charge in [-0.15, -0.1) is 0 Å². The number of rotatable bonds is 6. The molecule has 0 saturated heterocycles. The third kappa shape index (κ3) is 4.81. The molecule has 0 spiro atoms. The van der Waals surface area contributed by atoms with Crippen LogP contribution in [0.25, 0.3) is 11.0 Å². The Balaban J connectivity index is 1.74. The second-order valence-corrected chi connectivity index (χ2v) is 7.77. The van der Waals surface area contributed by atoms with Crippen LogP contribution in [-0.4, -0.2) is 12.6 Å². The number of fused-ring (bicyclic) bond motifs is 1. The van der Waals surface area contributed by atoms with Gasteiger partial charge in [0.2, 0.25) is 0 Å². The highest BCUT2D eigenvalue weighted by atomic mass is 79.9. The molecule has 3 rings (SSSR count). The molecule has 0 aliphatic rings. The molecule has 0 amide bonds. The Bertz CT molecular complexity index is 1050. The summed E-state index contributed by atoms with van der Waals surface area (Å²) in [4.78, 5) is 23.9. The number of benzene rings is 2. The molecule has 1 aromatic heterocycles. The van der Waals surface area contributed by atoms with Gasteiger partial charge < -0.3 is 13.9 Å². The fourth-order valence-corrected chi connectivity index (χ4v) is 3.27. The van der Waals surface area contributed by atoms with E-state index in [0.29, 0.717) is 22.8 Å². The summed E-state index contributed by atoms with van der Waals surface area (Å²) in [5, 5.41) is 0.774. The van der Waals surface area contributed by atoms with Crippen molar-refractivity contribution in [3.63, 3.8) is 0 Å². The maximum absolute atomic E-state index is 12.0. The van der Waals surface area contributed by atoms with Crippen LogP contribution < -0.4 is 10.4 Å². The van der Waals surface area contributed by atoms with Crippen molar-refractivity contribution >= 4 is 32.9 Å². The van der Waals surface area contributed by atoms with Crippen molar-refractivity contribution in [1.29, 1.82) is 0 Å². The van der Waals surface area contributed by atoms with Crippen molar-refractivity contribution in [2.24, 2.45) is 0 Å². The first-order valence-corrected chi connectivity index (χ1v) is 9.74. The van der Waals surface area contributed by atoms with Crippen molar-refractivity contribution < 1.29 is 18.7 Å². The van der Waals surface area contributed by atoms with Gasteiger partial charge in [0.05, 0.1) is 0 Å². The molecule has 146 valence electrons. The zero-order valence-corrected chi connectivity index (χ0v) is 17.5. The van der Waals surface area contributed by atoms with Gasteiger partial charge in [0.25, 0.3) is 0 Å². The van der Waals surface area contributed by atoms with Crippen molar-refractivity contribution in [2.45, 2.75) is 33.3 Å². The summed E-state index contributed by atoms with van der Waals surface area (Å²) < 4.78 is 17.0. The Kier molecular flexibility index (Phi) is 6.19. The van der Waals surface area contributed by atoms with Gasteiger partial charge in [0.15, 0.2) is 6.61 Å². The molecule has 0 unspecified atom stereocenters. The van der Waals surface area contributed by atoms with Crippen LogP contribution in [0.15, 0.2) is 56.1 Å². The first-order chi connectivity index (χ1) is 13.3. The molecular weight excluding hydrogens is 424 g/mol. The third-order valence-electron chi connectivity index (χ3n) is 4.40. The van der Waals surface area contributed by atoms with Gasteiger partial charge in [-0.3, -0.25) is 0 Å². The fourth-order valence-electron chi connectivity index (χ4n) is 3.01.